The molecule has 154 valence electrons. The number of aromatic nitrogens is 2. The number of rotatable bonds is 4. The average Bonchev–Trinajstić information content (AvgIpc) is 3.30. The van der Waals surface area contributed by atoms with Crippen molar-refractivity contribution in [3.63, 3.8) is 0 Å². The third-order valence-electron chi connectivity index (χ3n) is 5.53. The number of benzene rings is 2. The van der Waals surface area contributed by atoms with Gasteiger partial charge in [0.2, 0.25) is 5.78 Å². The maximum Gasteiger partial charge on any atom is 0.232 e. The molecular formula is C22H21ClN4O3. The number of carbonyl (C=O) groups excluding carboxylic acids is 1. The van der Waals surface area contributed by atoms with Crippen molar-refractivity contribution in [2.75, 3.05) is 33.3 Å². The third kappa shape index (κ3) is 3.35. The largest absolute Gasteiger partial charge is 0.496 e. The molecule has 1 fully saturated rings. The van der Waals surface area contributed by atoms with Crippen molar-refractivity contribution in [1.29, 1.82) is 0 Å². The van der Waals surface area contributed by atoms with E-state index in [0.717, 1.165) is 48.4 Å². The minimum absolute atomic E-state index is 0.160. The topological polar surface area (TPSA) is 79.5 Å². The maximum absolute atomic E-state index is 13.0. The molecule has 0 spiro atoms. The van der Waals surface area contributed by atoms with Crippen LogP contribution in [0.5, 0.6) is 11.5 Å². The highest BCUT2D eigenvalue weighted by Gasteiger charge is 2.32. The van der Waals surface area contributed by atoms with Crippen LogP contribution < -0.4 is 14.8 Å². The summed E-state index contributed by atoms with van der Waals surface area (Å²) in [7, 11) is 1.64. The fourth-order valence-electron chi connectivity index (χ4n) is 3.96. The molecule has 0 atom stereocenters. The zero-order valence-corrected chi connectivity index (χ0v) is 17.3. The molecule has 1 saturated heterocycles. The Balaban J connectivity index is 1.52. The molecule has 2 N–H and O–H groups in total. The van der Waals surface area contributed by atoms with E-state index in [4.69, 9.17) is 21.1 Å². The predicted octanol–water partition coefficient (Wildman–Crippen LogP) is 3.25. The number of ether oxygens (including phenoxy) is 2. The zero-order valence-electron chi connectivity index (χ0n) is 16.5. The lowest BCUT2D eigenvalue weighted by Crippen LogP contribution is -2.43. The Morgan fingerprint density at radius 1 is 1.27 bits per heavy atom. The molecule has 30 heavy (non-hydrogen) atoms. The molecule has 0 radical (unpaired) electrons. The SMILES string of the molecule is COc1ccc2c(c1CN1CCNCC1)OC(=Cc1n[nH]c3ccc(Cl)cc13)C2=O. The maximum atomic E-state index is 13.0. The highest BCUT2D eigenvalue weighted by Crippen LogP contribution is 2.40. The first kappa shape index (κ1) is 19.1. The van der Waals surface area contributed by atoms with Gasteiger partial charge in [-0.1, -0.05) is 11.6 Å². The van der Waals surface area contributed by atoms with Crippen molar-refractivity contribution in [2.45, 2.75) is 6.54 Å². The molecule has 0 saturated carbocycles. The summed E-state index contributed by atoms with van der Waals surface area (Å²) in [6, 6.07) is 9.07. The van der Waals surface area contributed by atoms with E-state index in [2.05, 4.69) is 20.4 Å². The van der Waals surface area contributed by atoms with Crippen LogP contribution in [0.4, 0.5) is 0 Å². The number of hydrogen-bond acceptors (Lipinski definition) is 6. The van der Waals surface area contributed by atoms with Gasteiger partial charge in [0, 0.05) is 49.2 Å². The highest BCUT2D eigenvalue weighted by molar-refractivity contribution is 6.31. The van der Waals surface area contributed by atoms with Crippen molar-refractivity contribution in [3.05, 3.63) is 57.9 Å². The standard InChI is InChI=1S/C22H21ClN4O3/c1-29-19-5-3-14-21(28)20(11-18-15-10-13(23)2-4-17(15)25-26-18)30-22(14)16(19)12-27-8-6-24-7-9-27/h2-5,10-11,24H,6-9,12H2,1H3,(H,25,26). The van der Waals surface area contributed by atoms with Crippen LogP contribution in [0.3, 0.4) is 0 Å². The number of ketones is 1. The van der Waals surface area contributed by atoms with E-state index in [0.29, 0.717) is 28.6 Å². The van der Waals surface area contributed by atoms with Crippen LogP contribution in [0.2, 0.25) is 5.02 Å². The number of H-pyrrole nitrogens is 1. The molecule has 3 heterocycles. The minimum atomic E-state index is -0.160. The van der Waals surface area contributed by atoms with E-state index in [1.54, 1.807) is 25.3 Å². The summed E-state index contributed by atoms with van der Waals surface area (Å²) < 4.78 is 11.7. The summed E-state index contributed by atoms with van der Waals surface area (Å²) in [6.45, 7) is 4.41. The zero-order chi connectivity index (χ0) is 20.7. The van der Waals surface area contributed by atoms with Gasteiger partial charge in [0.05, 0.1) is 29.4 Å². The van der Waals surface area contributed by atoms with E-state index in [-0.39, 0.29) is 11.5 Å². The van der Waals surface area contributed by atoms with Gasteiger partial charge in [0.1, 0.15) is 11.5 Å². The quantitative estimate of drug-likeness (QED) is 0.626. The van der Waals surface area contributed by atoms with Crippen molar-refractivity contribution < 1.29 is 14.3 Å². The summed E-state index contributed by atoms with van der Waals surface area (Å²) in [5, 5.41) is 12.1. The Morgan fingerprint density at radius 2 is 2.10 bits per heavy atom. The van der Waals surface area contributed by atoms with Gasteiger partial charge in [0.15, 0.2) is 5.76 Å². The number of hydrogen-bond donors (Lipinski definition) is 2. The first-order valence-electron chi connectivity index (χ1n) is 9.85. The Labute approximate surface area is 178 Å². The summed E-state index contributed by atoms with van der Waals surface area (Å²) in [6.07, 6.45) is 1.67. The Kier molecular flexibility index (Phi) is 4.94. The Hall–Kier alpha value is -2.87. The van der Waals surface area contributed by atoms with Crippen LogP contribution in [-0.4, -0.2) is 54.2 Å². The third-order valence-corrected chi connectivity index (χ3v) is 5.77. The van der Waals surface area contributed by atoms with Crippen molar-refractivity contribution in [1.82, 2.24) is 20.4 Å². The van der Waals surface area contributed by atoms with Gasteiger partial charge >= 0.3 is 0 Å². The molecule has 0 bridgehead atoms. The second-order valence-electron chi connectivity index (χ2n) is 7.39. The van der Waals surface area contributed by atoms with Crippen molar-refractivity contribution >= 4 is 34.4 Å². The fraction of sp³-hybridized carbons (Fsp3) is 0.273. The van der Waals surface area contributed by atoms with Gasteiger partial charge in [0.25, 0.3) is 0 Å². The Bertz CT molecular complexity index is 1160. The number of halogens is 1. The van der Waals surface area contributed by atoms with Crippen LogP contribution in [0.25, 0.3) is 17.0 Å². The predicted molar refractivity (Wildman–Crippen MR) is 115 cm³/mol. The van der Waals surface area contributed by atoms with Crippen LogP contribution in [0, 0.1) is 0 Å². The molecular weight excluding hydrogens is 404 g/mol. The summed E-state index contributed by atoms with van der Waals surface area (Å²) in [5.41, 5.74) is 2.89. The number of aromatic amines is 1. The van der Waals surface area contributed by atoms with Crippen molar-refractivity contribution in [3.8, 4) is 11.5 Å². The molecule has 2 aliphatic heterocycles. The van der Waals surface area contributed by atoms with E-state index in [1.165, 1.54) is 0 Å². The molecule has 3 aromatic rings. The molecule has 7 nitrogen and oxygen atoms in total. The summed E-state index contributed by atoms with van der Waals surface area (Å²) >= 11 is 6.13. The number of methoxy groups -OCH3 is 1. The van der Waals surface area contributed by atoms with E-state index >= 15 is 0 Å². The average molecular weight is 425 g/mol. The Morgan fingerprint density at radius 3 is 2.90 bits per heavy atom. The summed E-state index contributed by atoms with van der Waals surface area (Å²) in [4.78, 5) is 15.4. The summed E-state index contributed by atoms with van der Waals surface area (Å²) in [5.74, 6) is 1.38. The van der Waals surface area contributed by atoms with Crippen LogP contribution in [0.15, 0.2) is 36.1 Å². The van der Waals surface area contributed by atoms with Gasteiger partial charge < -0.3 is 14.8 Å². The number of Topliss-reactive ketones (excluding diaryl/α,β-unsaturated/α-hetero) is 1. The molecule has 2 aliphatic rings. The molecule has 0 unspecified atom stereocenters. The first-order chi connectivity index (χ1) is 14.6. The van der Waals surface area contributed by atoms with Gasteiger partial charge in [-0.25, -0.2) is 0 Å². The first-order valence-corrected chi connectivity index (χ1v) is 10.2. The van der Waals surface area contributed by atoms with E-state index in [9.17, 15) is 4.79 Å². The molecule has 1 aromatic heterocycles. The minimum Gasteiger partial charge on any atom is -0.496 e. The lowest BCUT2D eigenvalue weighted by Gasteiger charge is -2.28. The number of carbonyl (C=O) groups is 1. The lowest BCUT2D eigenvalue weighted by atomic mass is 10.0. The molecule has 0 aliphatic carbocycles. The van der Waals surface area contributed by atoms with Crippen LogP contribution >= 0.6 is 11.6 Å². The fourth-order valence-corrected chi connectivity index (χ4v) is 4.14. The highest BCUT2D eigenvalue weighted by atomic mass is 35.5. The van der Waals surface area contributed by atoms with Gasteiger partial charge in [-0.2, -0.15) is 5.10 Å². The van der Waals surface area contributed by atoms with E-state index < -0.39 is 0 Å². The van der Waals surface area contributed by atoms with Crippen LogP contribution in [-0.2, 0) is 6.54 Å². The van der Waals surface area contributed by atoms with Gasteiger partial charge in [-0.3, -0.25) is 14.8 Å². The second kappa shape index (κ2) is 7.75. The number of fused-ring (bicyclic) bond motifs is 2. The number of nitrogens with one attached hydrogen (secondary N) is 2. The van der Waals surface area contributed by atoms with Gasteiger partial charge in [-0.05, 0) is 30.3 Å². The number of piperazine rings is 1. The number of nitrogens with zero attached hydrogens (tertiary/aromatic N) is 2. The van der Waals surface area contributed by atoms with Crippen LogP contribution in [0.1, 0.15) is 21.6 Å². The smallest absolute Gasteiger partial charge is 0.232 e. The molecule has 8 heteroatoms. The van der Waals surface area contributed by atoms with Crippen molar-refractivity contribution in [2.24, 2.45) is 0 Å². The second-order valence-corrected chi connectivity index (χ2v) is 7.82. The number of allylic oxidation sites excluding steroid dienone is 1. The normalized spacial score (nSPS) is 18.1. The van der Waals surface area contributed by atoms with Gasteiger partial charge in [-0.15, -0.1) is 0 Å². The monoisotopic (exact) mass is 424 g/mol. The lowest BCUT2D eigenvalue weighted by molar-refractivity contribution is 0.101. The molecule has 2 aromatic carbocycles. The van der Waals surface area contributed by atoms with E-state index in [1.807, 2.05) is 18.2 Å². The molecule has 5 rings (SSSR count). The molecule has 0 amide bonds.